The number of Topliss-reactive ketones (excluding diaryl/α,β-unsaturated/α-hetero) is 1. The molecule has 0 aliphatic heterocycles. The number of ketones is 1. The van der Waals surface area contributed by atoms with Gasteiger partial charge in [-0.05, 0) is 66.2 Å². The number of rotatable bonds is 6. The van der Waals surface area contributed by atoms with Crippen molar-refractivity contribution in [2.45, 2.75) is 5.75 Å². The SMILES string of the molecule is O=C(/C(=C\c1c[nH]c2ccc(Cl)cc12)SCc1ccc(F)cc1)c1ccc(Br)cc1. The minimum Gasteiger partial charge on any atom is -0.361 e. The Kier molecular flexibility index (Phi) is 6.42. The highest BCUT2D eigenvalue weighted by atomic mass is 79.9. The zero-order valence-electron chi connectivity index (χ0n) is 15.7. The number of hydrogen-bond donors (Lipinski definition) is 1. The molecule has 0 aliphatic carbocycles. The van der Waals surface area contributed by atoms with E-state index in [4.69, 9.17) is 11.6 Å². The fourth-order valence-corrected chi connectivity index (χ4v) is 4.44. The van der Waals surface area contributed by atoms with E-state index in [2.05, 4.69) is 20.9 Å². The summed E-state index contributed by atoms with van der Waals surface area (Å²) in [5, 5.41) is 1.59. The van der Waals surface area contributed by atoms with Gasteiger partial charge in [-0.3, -0.25) is 4.79 Å². The average Bonchev–Trinajstić information content (AvgIpc) is 3.14. The lowest BCUT2D eigenvalue weighted by molar-refractivity contribution is 0.104. The van der Waals surface area contributed by atoms with Crippen LogP contribution in [0.25, 0.3) is 17.0 Å². The summed E-state index contributed by atoms with van der Waals surface area (Å²) < 4.78 is 14.1. The van der Waals surface area contributed by atoms with Gasteiger partial charge in [0.05, 0.1) is 4.91 Å². The van der Waals surface area contributed by atoms with Gasteiger partial charge >= 0.3 is 0 Å². The largest absolute Gasteiger partial charge is 0.361 e. The molecule has 0 atom stereocenters. The molecule has 6 heteroatoms. The van der Waals surface area contributed by atoms with Crippen molar-refractivity contribution in [2.24, 2.45) is 0 Å². The topological polar surface area (TPSA) is 32.9 Å². The second-order valence-electron chi connectivity index (χ2n) is 6.69. The first-order chi connectivity index (χ1) is 14.5. The van der Waals surface area contributed by atoms with E-state index in [0.717, 1.165) is 26.5 Å². The summed E-state index contributed by atoms with van der Waals surface area (Å²) in [6.45, 7) is 0. The fraction of sp³-hybridized carbons (Fsp3) is 0.0417. The lowest BCUT2D eigenvalue weighted by atomic mass is 10.1. The van der Waals surface area contributed by atoms with E-state index in [0.29, 0.717) is 21.2 Å². The molecule has 0 radical (unpaired) electrons. The van der Waals surface area contributed by atoms with E-state index >= 15 is 0 Å². The van der Waals surface area contributed by atoms with Crippen molar-refractivity contribution in [3.05, 3.63) is 110 Å². The zero-order valence-corrected chi connectivity index (χ0v) is 18.8. The number of thioether (sulfide) groups is 1. The van der Waals surface area contributed by atoms with Gasteiger partial charge in [0.25, 0.3) is 0 Å². The second kappa shape index (κ2) is 9.21. The quantitative estimate of drug-likeness (QED) is 0.216. The van der Waals surface area contributed by atoms with Crippen LogP contribution in [0.1, 0.15) is 21.5 Å². The molecule has 0 fully saturated rings. The Balaban J connectivity index is 1.70. The molecule has 4 aromatic rings. The number of carbonyl (C=O) groups is 1. The maximum absolute atomic E-state index is 13.3. The third kappa shape index (κ3) is 4.86. The molecular formula is C24H16BrClFNOS. The number of halogens is 3. The first kappa shape index (κ1) is 20.9. The lowest BCUT2D eigenvalue weighted by Gasteiger charge is -2.08. The molecule has 1 N–H and O–H groups in total. The van der Waals surface area contributed by atoms with Gasteiger partial charge in [-0.25, -0.2) is 4.39 Å². The van der Waals surface area contributed by atoms with E-state index in [1.54, 1.807) is 24.3 Å². The summed E-state index contributed by atoms with van der Waals surface area (Å²) in [5.41, 5.74) is 3.39. The van der Waals surface area contributed by atoms with Crippen LogP contribution in [0.15, 0.2) is 82.3 Å². The van der Waals surface area contributed by atoms with Crippen LogP contribution in [-0.2, 0) is 5.75 Å². The molecule has 0 saturated heterocycles. The van der Waals surface area contributed by atoms with Gasteiger partial charge in [0.2, 0.25) is 0 Å². The molecule has 4 rings (SSSR count). The van der Waals surface area contributed by atoms with Crippen LogP contribution in [-0.4, -0.2) is 10.8 Å². The van der Waals surface area contributed by atoms with Crippen molar-refractivity contribution in [3.8, 4) is 0 Å². The smallest absolute Gasteiger partial charge is 0.199 e. The van der Waals surface area contributed by atoms with Gasteiger partial charge in [-0.2, -0.15) is 0 Å². The van der Waals surface area contributed by atoms with E-state index < -0.39 is 0 Å². The molecule has 0 spiro atoms. The molecule has 0 saturated carbocycles. The standard InChI is InChI=1S/C24H16BrClFNOS/c25-18-5-3-16(4-6-18)24(29)23(30-14-15-1-8-20(27)9-2-15)11-17-13-28-22-10-7-19(26)12-21(17)22/h1-13,28H,14H2/b23-11+. The molecule has 1 aromatic heterocycles. The molecule has 1 heterocycles. The Hall–Kier alpha value is -2.34. The molecule has 0 unspecified atom stereocenters. The molecule has 3 aromatic carbocycles. The summed E-state index contributed by atoms with van der Waals surface area (Å²) >= 11 is 11.0. The van der Waals surface area contributed by atoms with Crippen molar-refractivity contribution >= 4 is 62.1 Å². The normalized spacial score (nSPS) is 11.8. The third-order valence-electron chi connectivity index (χ3n) is 4.60. The number of carbonyl (C=O) groups excluding carboxylic acids is 1. The third-order valence-corrected chi connectivity index (χ3v) is 6.46. The monoisotopic (exact) mass is 499 g/mol. The summed E-state index contributed by atoms with van der Waals surface area (Å²) in [5.74, 6) is 0.212. The number of nitrogens with one attached hydrogen (secondary N) is 1. The maximum atomic E-state index is 13.3. The summed E-state index contributed by atoms with van der Waals surface area (Å²) in [6, 6.07) is 19.2. The molecule has 0 amide bonds. The van der Waals surface area contributed by atoms with Gasteiger partial charge < -0.3 is 4.98 Å². The lowest BCUT2D eigenvalue weighted by Crippen LogP contribution is -2.01. The predicted octanol–water partition coefficient (Wildman–Crippen LogP) is 7.88. The molecule has 2 nitrogen and oxygen atoms in total. The highest BCUT2D eigenvalue weighted by Crippen LogP contribution is 2.31. The number of aromatic nitrogens is 1. The Bertz CT molecular complexity index is 1230. The number of allylic oxidation sites excluding steroid dienone is 1. The number of fused-ring (bicyclic) bond motifs is 1. The minimum atomic E-state index is -0.277. The number of H-pyrrole nitrogens is 1. The summed E-state index contributed by atoms with van der Waals surface area (Å²) in [4.78, 5) is 17.1. The van der Waals surface area contributed by atoms with Crippen LogP contribution < -0.4 is 0 Å². The highest BCUT2D eigenvalue weighted by molar-refractivity contribution is 9.10. The molecule has 0 aliphatic rings. The van der Waals surface area contributed by atoms with Crippen molar-refractivity contribution < 1.29 is 9.18 Å². The number of hydrogen-bond acceptors (Lipinski definition) is 2. The molecule has 0 bridgehead atoms. The van der Waals surface area contributed by atoms with Crippen molar-refractivity contribution in [3.63, 3.8) is 0 Å². The van der Waals surface area contributed by atoms with Crippen molar-refractivity contribution in [1.29, 1.82) is 0 Å². The second-order valence-corrected chi connectivity index (χ2v) is 9.06. The Morgan fingerprint density at radius 2 is 1.80 bits per heavy atom. The van der Waals surface area contributed by atoms with Crippen LogP contribution in [0.5, 0.6) is 0 Å². The van der Waals surface area contributed by atoms with Gasteiger partial charge in [-0.1, -0.05) is 39.7 Å². The van der Waals surface area contributed by atoms with Crippen molar-refractivity contribution in [2.75, 3.05) is 0 Å². The highest BCUT2D eigenvalue weighted by Gasteiger charge is 2.15. The molecule has 30 heavy (non-hydrogen) atoms. The molecule has 150 valence electrons. The van der Waals surface area contributed by atoms with E-state index in [9.17, 15) is 9.18 Å². The fourth-order valence-electron chi connectivity index (χ4n) is 3.03. The Morgan fingerprint density at radius 3 is 2.53 bits per heavy atom. The first-order valence-electron chi connectivity index (χ1n) is 9.15. The van der Waals surface area contributed by atoms with E-state index in [1.807, 2.05) is 42.6 Å². The Labute approximate surface area is 191 Å². The van der Waals surface area contributed by atoms with Crippen LogP contribution in [0.4, 0.5) is 4.39 Å². The maximum Gasteiger partial charge on any atom is 0.199 e. The van der Waals surface area contributed by atoms with Crippen LogP contribution in [0.3, 0.4) is 0 Å². The van der Waals surface area contributed by atoms with Crippen molar-refractivity contribution in [1.82, 2.24) is 4.98 Å². The van der Waals surface area contributed by atoms with E-state index in [-0.39, 0.29) is 11.6 Å². The summed E-state index contributed by atoms with van der Waals surface area (Å²) in [6.07, 6.45) is 3.75. The zero-order chi connectivity index (χ0) is 21.1. The van der Waals surface area contributed by atoms with Gasteiger partial charge in [0.15, 0.2) is 5.78 Å². The average molecular weight is 501 g/mol. The molecular weight excluding hydrogens is 485 g/mol. The predicted molar refractivity (Wildman–Crippen MR) is 127 cm³/mol. The van der Waals surface area contributed by atoms with Gasteiger partial charge in [-0.15, -0.1) is 11.8 Å². The number of aromatic amines is 1. The van der Waals surface area contributed by atoms with Crippen LogP contribution in [0.2, 0.25) is 5.02 Å². The summed E-state index contributed by atoms with van der Waals surface area (Å²) in [7, 11) is 0. The minimum absolute atomic E-state index is 0.0639. The van der Waals surface area contributed by atoms with Gasteiger partial charge in [0.1, 0.15) is 5.82 Å². The Morgan fingerprint density at radius 1 is 1.07 bits per heavy atom. The van der Waals surface area contributed by atoms with E-state index in [1.165, 1.54) is 23.9 Å². The number of benzene rings is 3. The first-order valence-corrected chi connectivity index (χ1v) is 11.3. The van der Waals surface area contributed by atoms with Crippen LogP contribution >= 0.6 is 39.3 Å². The van der Waals surface area contributed by atoms with Gasteiger partial charge in [0, 0.05) is 43.5 Å². The van der Waals surface area contributed by atoms with Crippen LogP contribution in [0, 0.1) is 5.82 Å².